The van der Waals surface area contributed by atoms with Crippen LogP contribution in [0, 0.1) is 24.0 Å². The molecule has 0 atom stereocenters. The minimum Gasteiger partial charge on any atom is -0.503 e. The lowest BCUT2D eigenvalue weighted by Crippen LogP contribution is -2.08. The van der Waals surface area contributed by atoms with Crippen LogP contribution in [0.25, 0.3) is 0 Å². The van der Waals surface area contributed by atoms with Crippen LogP contribution < -0.4 is 4.74 Å². The summed E-state index contributed by atoms with van der Waals surface area (Å²) in [6, 6.07) is 0. The van der Waals surface area contributed by atoms with Crippen LogP contribution in [0.15, 0.2) is 0 Å². The zero-order valence-corrected chi connectivity index (χ0v) is 9.47. The number of rotatable bonds is 3. The topological polar surface area (TPSA) is 110 Å². The predicted molar refractivity (Wildman–Crippen MR) is 57.7 cm³/mol. The molecule has 0 saturated carbocycles. The third-order valence-electron chi connectivity index (χ3n) is 2.55. The molecule has 7 nitrogen and oxygen atoms in total. The molecule has 0 unspecified atom stereocenters. The van der Waals surface area contributed by atoms with Gasteiger partial charge < -0.3 is 14.9 Å². The first-order chi connectivity index (χ1) is 7.82. The molecule has 0 aliphatic carbocycles. The van der Waals surface area contributed by atoms with Crippen molar-refractivity contribution in [3.63, 3.8) is 0 Å². The van der Waals surface area contributed by atoms with Crippen LogP contribution in [0.5, 0.6) is 11.5 Å². The van der Waals surface area contributed by atoms with Crippen molar-refractivity contribution < 1.29 is 24.7 Å². The first-order valence-electron chi connectivity index (χ1n) is 4.60. The zero-order chi connectivity index (χ0) is 13.3. The third-order valence-corrected chi connectivity index (χ3v) is 2.55. The second-order valence-corrected chi connectivity index (χ2v) is 3.42. The van der Waals surface area contributed by atoms with Gasteiger partial charge in [-0.25, -0.2) is 4.79 Å². The summed E-state index contributed by atoms with van der Waals surface area (Å²) >= 11 is 0. The number of carboxylic acids is 1. The number of hydrogen-bond donors (Lipinski definition) is 2. The lowest BCUT2D eigenvalue weighted by molar-refractivity contribution is -0.385. The maximum absolute atomic E-state index is 11.0. The number of methoxy groups -OCH3 is 1. The summed E-state index contributed by atoms with van der Waals surface area (Å²) in [5.74, 6) is -2.36. The minimum absolute atomic E-state index is 0.0644. The van der Waals surface area contributed by atoms with E-state index in [1.165, 1.54) is 21.0 Å². The van der Waals surface area contributed by atoms with E-state index >= 15 is 0 Å². The standard InChI is InChI=1S/C10H11NO6/c1-4-5(2)9(17-3)8(12)6(10(13)14)7(4)11(15)16/h12H,1-3H3,(H,13,14). The average Bonchev–Trinajstić information content (AvgIpc) is 2.22. The maximum Gasteiger partial charge on any atom is 0.346 e. The molecule has 0 bridgehead atoms. The largest absolute Gasteiger partial charge is 0.503 e. The number of aromatic carboxylic acids is 1. The van der Waals surface area contributed by atoms with Gasteiger partial charge in [0.25, 0.3) is 5.69 Å². The SMILES string of the molecule is COc1c(C)c(C)c([N+](=O)[O-])c(C(=O)O)c1O. The Morgan fingerprint density at radius 2 is 1.88 bits per heavy atom. The Kier molecular flexibility index (Phi) is 3.21. The fourth-order valence-electron chi connectivity index (χ4n) is 1.62. The first-order valence-corrected chi connectivity index (χ1v) is 4.60. The van der Waals surface area contributed by atoms with Gasteiger partial charge in [0.2, 0.25) is 0 Å². The number of ether oxygens (including phenoxy) is 1. The van der Waals surface area contributed by atoms with Gasteiger partial charge in [-0.3, -0.25) is 10.1 Å². The van der Waals surface area contributed by atoms with Crippen molar-refractivity contribution in [2.24, 2.45) is 0 Å². The van der Waals surface area contributed by atoms with Gasteiger partial charge in [0, 0.05) is 11.1 Å². The van der Waals surface area contributed by atoms with E-state index in [1.807, 2.05) is 0 Å². The second-order valence-electron chi connectivity index (χ2n) is 3.42. The van der Waals surface area contributed by atoms with Crippen molar-refractivity contribution in [3.8, 4) is 11.5 Å². The Labute approximate surface area is 96.4 Å². The van der Waals surface area contributed by atoms with E-state index in [0.717, 1.165) is 0 Å². The number of benzene rings is 1. The van der Waals surface area contributed by atoms with E-state index in [4.69, 9.17) is 9.84 Å². The molecule has 0 aliphatic rings. The van der Waals surface area contributed by atoms with Crippen molar-refractivity contribution in [1.29, 1.82) is 0 Å². The van der Waals surface area contributed by atoms with Crippen LogP contribution in [-0.4, -0.2) is 28.2 Å². The van der Waals surface area contributed by atoms with Gasteiger partial charge in [0.15, 0.2) is 17.1 Å². The van der Waals surface area contributed by atoms with Crippen LogP contribution >= 0.6 is 0 Å². The van der Waals surface area contributed by atoms with Crippen LogP contribution in [0.4, 0.5) is 5.69 Å². The highest BCUT2D eigenvalue weighted by Gasteiger charge is 2.31. The molecular weight excluding hydrogens is 230 g/mol. The predicted octanol–water partition coefficient (Wildman–Crippen LogP) is 1.62. The number of carbonyl (C=O) groups is 1. The molecule has 17 heavy (non-hydrogen) atoms. The van der Waals surface area contributed by atoms with Gasteiger partial charge in [-0.05, 0) is 13.8 Å². The number of carboxylic acid groups (broad SMARTS) is 1. The lowest BCUT2D eigenvalue weighted by atomic mass is 10.0. The minimum atomic E-state index is -1.57. The Morgan fingerprint density at radius 1 is 1.35 bits per heavy atom. The number of nitro groups is 1. The monoisotopic (exact) mass is 241 g/mol. The molecule has 1 aromatic rings. The van der Waals surface area contributed by atoms with E-state index < -0.39 is 27.9 Å². The van der Waals surface area contributed by atoms with E-state index in [9.17, 15) is 20.0 Å². The molecule has 0 saturated heterocycles. The van der Waals surface area contributed by atoms with Crippen molar-refractivity contribution in [1.82, 2.24) is 0 Å². The van der Waals surface area contributed by atoms with E-state index in [1.54, 1.807) is 0 Å². The number of hydrogen-bond acceptors (Lipinski definition) is 5. The third kappa shape index (κ3) is 1.86. The van der Waals surface area contributed by atoms with Crippen molar-refractivity contribution in [2.45, 2.75) is 13.8 Å². The van der Waals surface area contributed by atoms with Gasteiger partial charge in [-0.2, -0.15) is 0 Å². The summed E-state index contributed by atoms with van der Waals surface area (Å²) in [4.78, 5) is 21.0. The Balaban J connectivity index is 3.84. The summed E-state index contributed by atoms with van der Waals surface area (Å²) in [6.45, 7) is 2.91. The molecule has 0 amide bonds. The number of aromatic hydroxyl groups is 1. The Hall–Kier alpha value is -2.31. The molecule has 0 heterocycles. The number of nitro benzene ring substituents is 1. The molecule has 0 fully saturated rings. The van der Waals surface area contributed by atoms with Crippen LogP contribution in [0.1, 0.15) is 21.5 Å². The molecule has 0 aromatic heterocycles. The normalized spacial score (nSPS) is 10.1. The summed E-state index contributed by atoms with van der Waals surface area (Å²) in [6.07, 6.45) is 0. The summed E-state index contributed by atoms with van der Waals surface area (Å²) in [5, 5.41) is 29.4. The summed E-state index contributed by atoms with van der Waals surface area (Å²) in [5.41, 5.74) is -0.882. The van der Waals surface area contributed by atoms with Crippen molar-refractivity contribution in [3.05, 3.63) is 26.8 Å². The highest BCUT2D eigenvalue weighted by atomic mass is 16.6. The number of phenols is 1. The number of nitrogens with zero attached hydrogens (tertiary/aromatic N) is 1. The molecule has 0 aliphatic heterocycles. The molecule has 92 valence electrons. The van der Waals surface area contributed by atoms with Gasteiger partial charge in [-0.1, -0.05) is 0 Å². The Bertz CT molecular complexity index is 508. The van der Waals surface area contributed by atoms with Crippen LogP contribution in [-0.2, 0) is 0 Å². The average molecular weight is 241 g/mol. The van der Waals surface area contributed by atoms with Crippen LogP contribution in [0.2, 0.25) is 0 Å². The lowest BCUT2D eigenvalue weighted by Gasteiger charge is -2.12. The van der Waals surface area contributed by atoms with E-state index in [0.29, 0.717) is 5.56 Å². The fourth-order valence-corrected chi connectivity index (χ4v) is 1.62. The molecule has 1 rings (SSSR count). The van der Waals surface area contributed by atoms with E-state index in [2.05, 4.69) is 0 Å². The zero-order valence-electron chi connectivity index (χ0n) is 9.47. The molecule has 7 heteroatoms. The highest BCUT2D eigenvalue weighted by Crippen LogP contribution is 2.42. The Morgan fingerprint density at radius 3 is 2.24 bits per heavy atom. The quantitative estimate of drug-likeness (QED) is 0.614. The summed E-state index contributed by atoms with van der Waals surface area (Å²) < 4.78 is 4.85. The highest BCUT2D eigenvalue weighted by molar-refractivity contribution is 5.97. The molecule has 0 radical (unpaired) electrons. The van der Waals surface area contributed by atoms with Gasteiger partial charge >= 0.3 is 5.97 Å². The molecule has 0 spiro atoms. The maximum atomic E-state index is 11.0. The van der Waals surface area contributed by atoms with Gasteiger partial charge in [0.1, 0.15) is 0 Å². The van der Waals surface area contributed by atoms with Gasteiger partial charge in [0.05, 0.1) is 12.0 Å². The van der Waals surface area contributed by atoms with Crippen molar-refractivity contribution in [2.75, 3.05) is 7.11 Å². The van der Waals surface area contributed by atoms with Crippen molar-refractivity contribution >= 4 is 11.7 Å². The first kappa shape index (κ1) is 12.8. The molecule has 2 N–H and O–H groups in total. The van der Waals surface area contributed by atoms with E-state index in [-0.39, 0.29) is 11.3 Å². The summed E-state index contributed by atoms with van der Waals surface area (Å²) in [7, 11) is 1.25. The second kappa shape index (κ2) is 4.28. The molecular formula is C10H11NO6. The fraction of sp³-hybridized carbons (Fsp3) is 0.300. The van der Waals surface area contributed by atoms with Gasteiger partial charge in [-0.15, -0.1) is 0 Å². The smallest absolute Gasteiger partial charge is 0.346 e. The van der Waals surface area contributed by atoms with Crippen LogP contribution in [0.3, 0.4) is 0 Å². The molecule has 1 aromatic carbocycles.